The molecule has 1 unspecified atom stereocenters. The largest absolute Gasteiger partial charge is 0.479 e. The zero-order valence-corrected chi connectivity index (χ0v) is 12.9. The van der Waals surface area contributed by atoms with Crippen LogP contribution in [0.15, 0.2) is 24.3 Å². The number of hydrogen-bond acceptors (Lipinski definition) is 7. The molecule has 0 spiro atoms. The molecule has 1 aliphatic heterocycles. The maximum absolute atomic E-state index is 12.6. The lowest BCUT2D eigenvalue weighted by atomic mass is 9.86. The SMILES string of the molecule is O=C(O)[C@@H](O)[C@@H](O)[C@H](O)[C@@H](O)C(=O)C1CNCCc2ccccc21. The van der Waals surface area contributed by atoms with Gasteiger partial charge in [0.25, 0.3) is 0 Å². The topological polar surface area (TPSA) is 147 Å². The van der Waals surface area contributed by atoms with Gasteiger partial charge in [0.05, 0.1) is 5.92 Å². The second kappa shape index (κ2) is 7.82. The molecule has 5 atom stereocenters. The number of fused-ring (bicyclic) bond motifs is 1. The number of aliphatic hydroxyl groups is 4. The molecule has 0 aliphatic carbocycles. The number of aliphatic carboxylic acids is 1. The Hall–Kier alpha value is -1.84. The van der Waals surface area contributed by atoms with Crippen LogP contribution in [0.3, 0.4) is 0 Å². The molecule has 8 heteroatoms. The standard InChI is InChI=1S/C16H21NO7/c18-11(12(19)13(20)14(21)15(22)16(23)24)10-7-17-6-5-8-3-1-2-4-9(8)10/h1-4,10,12-15,17,19-22H,5-7H2,(H,23,24)/t10?,12-,13+,14-,15-/m0/s1. The van der Waals surface area contributed by atoms with E-state index >= 15 is 0 Å². The lowest BCUT2D eigenvalue weighted by Gasteiger charge is -2.27. The van der Waals surface area contributed by atoms with Gasteiger partial charge in [0.15, 0.2) is 11.9 Å². The normalized spacial score (nSPS) is 22.6. The second-order valence-electron chi connectivity index (χ2n) is 5.82. The van der Waals surface area contributed by atoms with E-state index in [9.17, 15) is 30.0 Å². The molecule has 0 aromatic heterocycles. The van der Waals surface area contributed by atoms with E-state index in [1.165, 1.54) is 0 Å². The Morgan fingerprint density at radius 1 is 1.04 bits per heavy atom. The predicted octanol–water partition coefficient (Wildman–Crippen LogP) is -1.99. The van der Waals surface area contributed by atoms with Gasteiger partial charge in [-0.3, -0.25) is 4.79 Å². The highest BCUT2D eigenvalue weighted by molar-refractivity contribution is 5.91. The zero-order valence-electron chi connectivity index (χ0n) is 12.9. The third-order valence-electron chi connectivity index (χ3n) is 4.23. The molecular weight excluding hydrogens is 318 g/mol. The molecule has 0 saturated carbocycles. The van der Waals surface area contributed by atoms with Crippen molar-refractivity contribution in [3.05, 3.63) is 35.4 Å². The molecule has 8 nitrogen and oxygen atoms in total. The number of aliphatic hydroxyl groups excluding tert-OH is 4. The Morgan fingerprint density at radius 2 is 1.67 bits per heavy atom. The van der Waals surface area contributed by atoms with Crippen molar-refractivity contribution in [1.29, 1.82) is 0 Å². The van der Waals surface area contributed by atoms with Crippen molar-refractivity contribution < 1.29 is 35.1 Å². The summed E-state index contributed by atoms with van der Waals surface area (Å²) in [6.07, 6.45) is -7.91. The van der Waals surface area contributed by atoms with Crippen molar-refractivity contribution >= 4 is 11.8 Å². The third-order valence-corrected chi connectivity index (χ3v) is 4.23. The maximum atomic E-state index is 12.6. The number of Topliss-reactive ketones (excluding diaryl/α,β-unsaturated/α-hetero) is 1. The van der Waals surface area contributed by atoms with Crippen LogP contribution < -0.4 is 5.32 Å². The van der Waals surface area contributed by atoms with Crippen molar-refractivity contribution in [3.8, 4) is 0 Å². The van der Waals surface area contributed by atoms with Crippen LogP contribution in [0.1, 0.15) is 17.0 Å². The van der Waals surface area contributed by atoms with Crippen LogP contribution >= 0.6 is 0 Å². The van der Waals surface area contributed by atoms with E-state index in [1.807, 2.05) is 12.1 Å². The molecule has 0 amide bonds. The van der Waals surface area contributed by atoms with Gasteiger partial charge in [-0.05, 0) is 24.1 Å². The molecule has 2 rings (SSSR count). The van der Waals surface area contributed by atoms with Crippen LogP contribution in [0, 0.1) is 0 Å². The number of carbonyl (C=O) groups is 2. The van der Waals surface area contributed by atoms with Gasteiger partial charge in [-0.15, -0.1) is 0 Å². The van der Waals surface area contributed by atoms with E-state index in [0.29, 0.717) is 18.5 Å². The van der Waals surface area contributed by atoms with Gasteiger partial charge in [-0.1, -0.05) is 24.3 Å². The number of carboxylic acid groups (broad SMARTS) is 1. The summed E-state index contributed by atoms with van der Waals surface area (Å²) in [7, 11) is 0. The third kappa shape index (κ3) is 3.80. The summed E-state index contributed by atoms with van der Waals surface area (Å²) >= 11 is 0. The fourth-order valence-electron chi connectivity index (χ4n) is 2.83. The monoisotopic (exact) mass is 339 g/mol. The summed E-state index contributed by atoms with van der Waals surface area (Å²) in [5, 5.41) is 50.5. The molecule has 1 aliphatic rings. The summed E-state index contributed by atoms with van der Waals surface area (Å²) in [5.41, 5.74) is 1.65. The number of carboxylic acids is 1. The predicted molar refractivity (Wildman–Crippen MR) is 82.4 cm³/mol. The highest BCUT2D eigenvalue weighted by atomic mass is 16.4. The van der Waals surface area contributed by atoms with E-state index in [1.54, 1.807) is 12.1 Å². The minimum atomic E-state index is -2.30. The Morgan fingerprint density at radius 3 is 2.33 bits per heavy atom. The molecule has 24 heavy (non-hydrogen) atoms. The second-order valence-corrected chi connectivity index (χ2v) is 5.82. The summed E-state index contributed by atoms with van der Waals surface area (Å²) < 4.78 is 0. The quantitative estimate of drug-likeness (QED) is 0.349. The zero-order chi connectivity index (χ0) is 17.9. The molecule has 0 bridgehead atoms. The fourth-order valence-corrected chi connectivity index (χ4v) is 2.83. The van der Waals surface area contributed by atoms with Crippen molar-refractivity contribution in [2.24, 2.45) is 0 Å². The molecule has 1 aromatic carbocycles. The molecule has 0 fully saturated rings. The number of ketones is 1. The van der Waals surface area contributed by atoms with E-state index in [-0.39, 0.29) is 6.54 Å². The summed E-state index contributed by atoms with van der Waals surface area (Å²) in [6, 6.07) is 7.22. The smallest absolute Gasteiger partial charge is 0.335 e. The lowest BCUT2D eigenvalue weighted by Crippen LogP contribution is -2.51. The number of carbonyl (C=O) groups excluding carboxylic acids is 1. The minimum absolute atomic E-state index is 0.247. The van der Waals surface area contributed by atoms with Gasteiger partial charge in [0.2, 0.25) is 0 Å². The molecule has 0 radical (unpaired) electrons. The van der Waals surface area contributed by atoms with Crippen LogP contribution in [0.25, 0.3) is 0 Å². The summed E-state index contributed by atoms with van der Waals surface area (Å²) in [6.45, 7) is 0.900. The number of rotatable bonds is 6. The average Bonchev–Trinajstić information content (AvgIpc) is 2.80. The lowest BCUT2D eigenvalue weighted by molar-refractivity contribution is -0.166. The Kier molecular flexibility index (Phi) is 6.03. The van der Waals surface area contributed by atoms with Crippen LogP contribution in [-0.2, 0) is 16.0 Å². The van der Waals surface area contributed by atoms with Crippen molar-refractivity contribution in [1.82, 2.24) is 5.32 Å². The Bertz CT molecular complexity index is 606. The molecule has 6 N–H and O–H groups in total. The maximum Gasteiger partial charge on any atom is 0.335 e. The van der Waals surface area contributed by atoms with Gasteiger partial charge in [0.1, 0.15) is 18.3 Å². The first kappa shape index (κ1) is 18.5. The van der Waals surface area contributed by atoms with Crippen molar-refractivity contribution in [2.75, 3.05) is 13.1 Å². The molecule has 1 heterocycles. The van der Waals surface area contributed by atoms with Gasteiger partial charge >= 0.3 is 5.97 Å². The van der Waals surface area contributed by atoms with E-state index in [0.717, 1.165) is 5.56 Å². The van der Waals surface area contributed by atoms with E-state index < -0.39 is 42.1 Å². The van der Waals surface area contributed by atoms with E-state index in [2.05, 4.69) is 5.32 Å². The first-order chi connectivity index (χ1) is 11.3. The Labute approximate surface area is 138 Å². The highest BCUT2D eigenvalue weighted by Crippen LogP contribution is 2.25. The molecular formula is C16H21NO7. The minimum Gasteiger partial charge on any atom is -0.479 e. The van der Waals surface area contributed by atoms with Crippen molar-refractivity contribution in [2.45, 2.75) is 36.8 Å². The molecule has 1 aromatic rings. The number of benzene rings is 1. The van der Waals surface area contributed by atoms with Gasteiger partial charge < -0.3 is 30.8 Å². The van der Waals surface area contributed by atoms with Crippen LogP contribution in [0.5, 0.6) is 0 Å². The summed E-state index contributed by atoms with van der Waals surface area (Å²) in [5.74, 6) is -3.26. The molecule has 132 valence electrons. The van der Waals surface area contributed by atoms with Crippen LogP contribution in [0.4, 0.5) is 0 Å². The molecule has 0 saturated heterocycles. The number of nitrogens with one attached hydrogen (secondary N) is 1. The first-order valence-corrected chi connectivity index (χ1v) is 7.62. The number of hydrogen-bond donors (Lipinski definition) is 6. The first-order valence-electron chi connectivity index (χ1n) is 7.62. The Balaban J connectivity index is 2.20. The van der Waals surface area contributed by atoms with E-state index in [4.69, 9.17) is 5.11 Å². The van der Waals surface area contributed by atoms with Gasteiger partial charge in [0, 0.05) is 6.54 Å². The van der Waals surface area contributed by atoms with Crippen LogP contribution in [0.2, 0.25) is 0 Å². The van der Waals surface area contributed by atoms with Crippen molar-refractivity contribution in [3.63, 3.8) is 0 Å². The highest BCUT2D eigenvalue weighted by Gasteiger charge is 2.40. The fraction of sp³-hybridized carbons (Fsp3) is 0.500. The van der Waals surface area contributed by atoms with Crippen LogP contribution in [-0.4, -0.2) is 74.8 Å². The summed E-state index contributed by atoms with van der Waals surface area (Å²) in [4.78, 5) is 23.2. The average molecular weight is 339 g/mol. The van der Waals surface area contributed by atoms with Gasteiger partial charge in [-0.25, -0.2) is 4.79 Å². The van der Waals surface area contributed by atoms with Gasteiger partial charge in [-0.2, -0.15) is 0 Å².